The van der Waals surface area contributed by atoms with E-state index in [4.69, 9.17) is 11.3 Å². The summed E-state index contributed by atoms with van der Waals surface area (Å²) in [7, 11) is 0. The maximum absolute atomic E-state index is 7.52. The molecule has 1 aliphatic heterocycles. The van der Waals surface area contributed by atoms with Gasteiger partial charge in [0.1, 0.15) is 0 Å². The molecular formula is C6H15N5. The SMILES string of the molecule is CCNN1CCCN(N)C1=N. The van der Waals surface area contributed by atoms with Crippen LogP contribution >= 0.6 is 0 Å². The average molecular weight is 157 g/mol. The number of nitrogens with zero attached hydrogens (tertiary/aromatic N) is 2. The molecule has 1 saturated heterocycles. The van der Waals surface area contributed by atoms with Gasteiger partial charge >= 0.3 is 0 Å². The van der Waals surface area contributed by atoms with Gasteiger partial charge in [0.05, 0.1) is 0 Å². The van der Waals surface area contributed by atoms with E-state index in [1.807, 2.05) is 6.92 Å². The Labute approximate surface area is 66.6 Å². The second-order valence-electron chi connectivity index (χ2n) is 2.53. The zero-order chi connectivity index (χ0) is 8.27. The Kier molecular flexibility index (Phi) is 2.67. The van der Waals surface area contributed by atoms with Gasteiger partial charge in [-0.3, -0.25) is 15.4 Å². The molecular weight excluding hydrogens is 142 g/mol. The molecule has 0 aliphatic carbocycles. The quantitative estimate of drug-likeness (QED) is 0.465. The van der Waals surface area contributed by atoms with Crippen LogP contribution in [0.1, 0.15) is 13.3 Å². The van der Waals surface area contributed by atoms with Crippen LogP contribution in [0.5, 0.6) is 0 Å². The van der Waals surface area contributed by atoms with Crippen molar-refractivity contribution in [2.75, 3.05) is 19.6 Å². The third-order valence-corrected chi connectivity index (χ3v) is 1.66. The molecule has 11 heavy (non-hydrogen) atoms. The van der Waals surface area contributed by atoms with Gasteiger partial charge in [0.15, 0.2) is 0 Å². The molecule has 1 rings (SSSR count). The Balaban J connectivity index is 2.44. The monoisotopic (exact) mass is 157 g/mol. The van der Waals surface area contributed by atoms with E-state index in [0.29, 0.717) is 5.96 Å². The smallest absolute Gasteiger partial charge is 0.222 e. The Bertz CT molecular complexity index is 144. The van der Waals surface area contributed by atoms with Crippen LogP contribution in [-0.4, -0.2) is 35.6 Å². The van der Waals surface area contributed by atoms with E-state index in [1.165, 1.54) is 5.01 Å². The zero-order valence-electron chi connectivity index (χ0n) is 6.80. The van der Waals surface area contributed by atoms with Gasteiger partial charge in [0, 0.05) is 19.6 Å². The minimum Gasteiger partial charge on any atom is -0.280 e. The lowest BCUT2D eigenvalue weighted by atomic mass is 10.3. The molecule has 0 atom stereocenters. The molecule has 4 N–H and O–H groups in total. The molecule has 0 saturated carbocycles. The van der Waals surface area contributed by atoms with E-state index in [2.05, 4.69) is 5.43 Å². The van der Waals surface area contributed by atoms with Crippen LogP contribution < -0.4 is 11.3 Å². The predicted octanol–water partition coefficient (Wildman–Crippen LogP) is -0.673. The summed E-state index contributed by atoms with van der Waals surface area (Å²) >= 11 is 0. The fourth-order valence-electron chi connectivity index (χ4n) is 1.11. The summed E-state index contributed by atoms with van der Waals surface area (Å²) in [5.74, 6) is 5.89. The summed E-state index contributed by atoms with van der Waals surface area (Å²) in [6, 6.07) is 0. The van der Waals surface area contributed by atoms with Crippen molar-refractivity contribution in [2.24, 2.45) is 5.84 Å². The Morgan fingerprint density at radius 3 is 3.00 bits per heavy atom. The molecule has 0 radical (unpaired) electrons. The second-order valence-corrected chi connectivity index (χ2v) is 2.53. The van der Waals surface area contributed by atoms with Gasteiger partial charge in [-0.1, -0.05) is 6.92 Å². The van der Waals surface area contributed by atoms with E-state index in [1.54, 1.807) is 5.01 Å². The van der Waals surface area contributed by atoms with E-state index >= 15 is 0 Å². The molecule has 1 heterocycles. The van der Waals surface area contributed by atoms with Crippen molar-refractivity contribution in [1.29, 1.82) is 5.41 Å². The molecule has 0 bridgehead atoms. The van der Waals surface area contributed by atoms with Crippen molar-refractivity contribution in [2.45, 2.75) is 13.3 Å². The first-order valence-electron chi connectivity index (χ1n) is 3.87. The second kappa shape index (κ2) is 3.54. The third kappa shape index (κ3) is 1.81. The summed E-state index contributed by atoms with van der Waals surface area (Å²) < 4.78 is 0. The molecule has 5 heteroatoms. The largest absolute Gasteiger partial charge is 0.280 e. The lowest BCUT2D eigenvalue weighted by Gasteiger charge is -2.35. The van der Waals surface area contributed by atoms with Gasteiger partial charge in [-0.15, -0.1) is 0 Å². The fraction of sp³-hybridized carbons (Fsp3) is 0.833. The van der Waals surface area contributed by atoms with Crippen LogP contribution in [0.3, 0.4) is 0 Å². The molecule has 0 aromatic carbocycles. The van der Waals surface area contributed by atoms with Crippen molar-refractivity contribution in [3.8, 4) is 0 Å². The highest BCUT2D eigenvalue weighted by atomic mass is 15.6. The van der Waals surface area contributed by atoms with Crippen LogP contribution in [0.25, 0.3) is 0 Å². The Morgan fingerprint density at radius 1 is 1.64 bits per heavy atom. The number of guanidine groups is 1. The maximum atomic E-state index is 7.52. The summed E-state index contributed by atoms with van der Waals surface area (Å²) in [6.45, 7) is 4.49. The van der Waals surface area contributed by atoms with Gasteiger partial charge in [-0.25, -0.2) is 11.3 Å². The van der Waals surface area contributed by atoms with Crippen LogP contribution in [0.2, 0.25) is 0 Å². The number of rotatable bonds is 2. The fourth-order valence-corrected chi connectivity index (χ4v) is 1.11. The highest BCUT2D eigenvalue weighted by Crippen LogP contribution is 1.99. The molecule has 0 aromatic heterocycles. The molecule has 0 spiro atoms. The summed E-state index contributed by atoms with van der Waals surface area (Å²) in [5.41, 5.74) is 3.05. The number of hydrogen-bond donors (Lipinski definition) is 3. The van der Waals surface area contributed by atoms with Crippen molar-refractivity contribution < 1.29 is 0 Å². The lowest BCUT2D eigenvalue weighted by Crippen LogP contribution is -2.57. The standard InChI is InChI=1S/C6H15N5/c1-2-9-11-5-3-4-10(8)6(11)7/h7,9H,2-5,8H2,1H3. The first kappa shape index (κ1) is 8.29. The molecule has 5 nitrogen and oxygen atoms in total. The minimum atomic E-state index is 0.359. The van der Waals surface area contributed by atoms with E-state index in [0.717, 1.165) is 26.1 Å². The summed E-state index contributed by atoms with van der Waals surface area (Å²) in [6.07, 6.45) is 1.01. The highest BCUT2D eigenvalue weighted by molar-refractivity contribution is 5.76. The Morgan fingerprint density at radius 2 is 2.36 bits per heavy atom. The van der Waals surface area contributed by atoms with E-state index in [-0.39, 0.29) is 0 Å². The van der Waals surface area contributed by atoms with Crippen molar-refractivity contribution >= 4 is 5.96 Å². The normalized spacial score (nSPS) is 19.3. The number of hydrazine groups is 2. The van der Waals surface area contributed by atoms with Crippen LogP contribution in [0.15, 0.2) is 0 Å². The van der Waals surface area contributed by atoms with Gasteiger partial charge in [-0.05, 0) is 6.42 Å². The average Bonchev–Trinajstić information content (AvgIpc) is 1.99. The number of nitrogens with one attached hydrogen (secondary N) is 2. The molecule has 1 aliphatic rings. The van der Waals surface area contributed by atoms with Gasteiger partial charge < -0.3 is 0 Å². The number of nitrogens with two attached hydrogens (primary N) is 1. The van der Waals surface area contributed by atoms with Crippen LogP contribution in [0.4, 0.5) is 0 Å². The minimum absolute atomic E-state index is 0.359. The van der Waals surface area contributed by atoms with Gasteiger partial charge in [0.2, 0.25) is 5.96 Å². The maximum Gasteiger partial charge on any atom is 0.222 e. The molecule has 0 aromatic rings. The highest BCUT2D eigenvalue weighted by Gasteiger charge is 2.18. The third-order valence-electron chi connectivity index (χ3n) is 1.66. The van der Waals surface area contributed by atoms with Gasteiger partial charge in [0.25, 0.3) is 0 Å². The molecule has 1 fully saturated rings. The topological polar surface area (TPSA) is 68.4 Å². The van der Waals surface area contributed by atoms with Crippen molar-refractivity contribution in [3.63, 3.8) is 0 Å². The lowest BCUT2D eigenvalue weighted by molar-refractivity contribution is 0.207. The van der Waals surface area contributed by atoms with Crippen molar-refractivity contribution in [1.82, 2.24) is 15.4 Å². The Hall–Kier alpha value is -0.810. The number of hydrogen-bond acceptors (Lipinski definition) is 3. The van der Waals surface area contributed by atoms with Crippen LogP contribution in [-0.2, 0) is 0 Å². The molecule has 0 unspecified atom stereocenters. The van der Waals surface area contributed by atoms with E-state index in [9.17, 15) is 0 Å². The molecule has 0 amide bonds. The van der Waals surface area contributed by atoms with E-state index < -0.39 is 0 Å². The molecule has 64 valence electrons. The summed E-state index contributed by atoms with van der Waals surface area (Å²) in [5, 5.41) is 10.7. The summed E-state index contributed by atoms with van der Waals surface area (Å²) in [4.78, 5) is 0. The van der Waals surface area contributed by atoms with Gasteiger partial charge in [-0.2, -0.15) is 0 Å². The first-order valence-corrected chi connectivity index (χ1v) is 3.87. The first-order chi connectivity index (χ1) is 5.25. The predicted molar refractivity (Wildman–Crippen MR) is 43.6 cm³/mol. The zero-order valence-corrected chi connectivity index (χ0v) is 6.80. The van der Waals surface area contributed by atoms with Crippen LogP contribution in [0, 0.1) is 5.41 Å². The van der Waals surface area contributed by atoms with Crippen molar-refractivity contribution in [3.05, 3.63) is 0 Å².